The quantitative estimate of drug-likeness (QED) is 0.738. The zero-order chi connectivity index (χ0) is 17.6. The van der Waals surface area contributed by atoms with E-state index in [1.807, 2.05) is 0 Å². The summed E-state index contributed by atoms with van der Waals surface area (Å²) in [5.41, 5.74) is 1.53. The average molecular weight is 352 g/mol. The van der Waals surface area contributed by atoms with Crippen molar-refractivity contribution in [3.63, 3.8) is 0 Å². The summed E-state index contributed by atoms with van der Waals surface area (Å²) in [5, 5.41) is 0. The summed E-state index contributed by atoms with van der Waals surface area (Å²) < 4.78 is 0. The third-order valence-corrected chi connectivity index (χ3v) is 8.06. The van der Waals surface area contributed by atoms with E-state index < -0.39 is 0 Å². The molecule has 0 atom stereocenters. The van der Waals surface area contributed by atoms with Crippen LogP contribution in [0.2, 0.25) is 0 Å². The number of ketones is 1. The minimum atomic E-state index is 0.121. The lowest BCUT2D eigenvalue weighted by atomic mass is 9.48. The minimum Gasteiger partial charge on any atom is -0.299 e. The first-order valence-corrected chi connectivity index (χ1v) is 11.0. The second-order valence-corrected chi connectivity index (χ2v) is 10.0. The van der Waals surface area contributed by atoms with Crippen LogP contribution in [0.25, 0.3) is 0 Å². The first-order valence-electron chi connectivity index (χ1n) is 11.0. The van der Waals surface area contributed by atoms with Crippen LogP contribution < -0.4 is 0 Å². The number of nitrogens with zero attached hydrogens (tertiary/aromatic N) is 1. The summed E-state index contributed by atoms with van der Waals surface area (Å²) in [6.45, 7) is 3.39. The average Bonchev–Trinajstić information content (AvgIpc) is 2.63. The molecule has 0 spiro atoms. The molecule has 1 aliphatic heterocycles. The zero-order valence-electron chi connectivity index (χ0n) is 16.0. The van der Waals surface area contributed by atoms with Crippen LogP contribution >= 0.6 is 0 Å². The molecule has 0 aromatic heterocycles. The molecule has 0 amide bonds. The number of piperidine rings is 1. The van der Waals surface area contributed by atoms with Gasteiger partial charge in [-0.2, -0.15) is 0 Å². The molecule has 5 aliphatic rings. The Morgan fingerprint density at radius 3 is 2.08 bits per heavy atom. The van der Waals surface area contributed by atoms with Crippen LogP contribution in [0.4, 0.5) is 0 Å². The molecular weight excluding hydrogens is 318 g/mol. The van der Waals surface area contributed by atoms with E-state index in [1.54, 1.807) is 0 Å². The molecule has 0 radical (unpaired) electrons. The normalized spacial score (nSPS) is 37.2. The van der Waals surface area contributed by atoms with Crippen molar-refractivity contribution in [3.8, 4) is 0 Å². The maximum Gasteiger partial charge on any atom is 0.139 e. The maximum absolute atomic E-state index is 13.3. The second kappa shape index (κ2) is 6.78. The van der Waals surface area contributed by atoms with Gasteiger partial charge >= 0.3 is 0 Å². The number of benzene rings is 1. The molecule has 1 heterocycles. The van der Waals surface area contributed by atoms with E-state index in [-0.39, 0.29) is 5.41 Å². The highest BCUT2D eigenvalue weighted by Crippen LogP contribution is 2.60. The fourth-order valence-corrected chi connectivity index (χ4v) is 7.12. The molecule has 1 aromatic rings. The van der Waals surface area contributed by atoms with Crippen molar-refractivity contribution in [1.82, 2.24) is 4.90 Å². The number of carbonyl (C=O) groups excluding carboxylic acids is 1. The number of hydrogen-bond donors (Lipinski definition) is 0. The molecule has 0 unspecified atom stereocenters. The Morgan fingerprint density at radius 2 is 1.50 bits per heavy atom. The van der Waals surface area contributed by atoms with Gasteiger partial charge in [-0.15, -0.1) is 0 Å². The molecule has 4 saturated carbocycles. The summed E-state index contributed by atoms with van der Waals surface area (Å²) in [5.74, 6) is 3.97. The van der Waals surface area contributed by atoms with Gasteiger partial charge in [-0.25, -0.2) is 0 Å². The number of Topliss-reactive ketones (excluding diaryl/α,β-unsaturated/α-hetero) is 1. The van der Waals surface area contributed by atoms with E-state index in [1.165, 1.54) is 56.9 Å². The first-order chi connectivity index (χ1) is 12.7. The Morgan fingerprint density at radius 1 is 0.923 bits per heavy atom. The maximum atomic E-state index is 13.3. The smallest absolute Gasteiger partial charge is 0.139 e. The molecule has 4 aliphatic carbocycles. The van der Waals surface area contributed by atoms with Crippen molar-refractivity contribution in [2.24, 2.45) is 29.1 Å². The van der Waals surface area contributed by atoms with E-state index >= 15 is 0 Å². The van der Waals surface area contributed by atoms with Crippen molar-refractivity contribution in [3.05, 3.63) is 35.9 Å². The summed E-state index contributed by atoms with van der Waals surface area (Å²) >= 11 is 0. The van der Waals surface area contributed by atoms with E-state index in [0.717, 1.165) is 43.8 Å². The van der Waals surface area contributed by atoms with Gasteiger partial charge in [-0.05, 0) is 93.7 Å². The Hall–Kier alpha value is -1.15. The molecule has 6 rings (SSSR count). The molecule has 2 nitrogen and oxygen atoms in total. The fourth-order valence-electron chi connectivity index (χ4n) is 7.12. The molecular formula is C24H33NO. The highest BCUT2D eigenvalue weighted by Gasteiger charge is 2.54. The molecule has 1 aromatic carbocycles. The van der Waals surface area contributed by atoms with Crippen LogP contribution in [0.5, 0.6) is 0 Å². The summed E-state index contributed by atoms with van der Waals surface area (Å²) in [7, 11) is 0. The van der Waals surface area contributed by atoms with E-state index in [9.17, 15) is 4.79 Å². The molecule has 140 valence electrons. The lowest BCUT2D eigenvalue weighted by molar-refractivity contribution is -0.145. The Kier molecular flexibility index (Phi) is 4.43. The Bertz CT molecular complexity index is 608. The largest absolute Gasteiger partial charge is 0.299 e. The van der Waals surface area contributed by atoms with Gasteiger partial charge in [0.15, 0.2) is 0 Å². The highest BCUT2D eigenvalue weighted by atomic mass is 16.1. The van der Waals surface area contributed by atoms with Gasteiger partial charge in [-0.3, -0.25) is 9.69 Å². The molecule has 4 bridgehead atoms. The van der Waals surface area contributed by atoms with Crippen molar-refractivity contribution < 1.29 is 4.79 Å². The van der Waals surface area contributed by atoms with Gasteiger partial charge in [0.25, 0.3) is 0 Å². The fraction of sp³-hybridized carbons (Fsp3) is 0.708. The molecule has 2 heteroatoms. The summed E-state index contributed by atoms with van der Waals surface area (Å²) in [6, 6.07) is 10.8. The summed E-state index contributed by atoms with van der Waals surface area (Å²) in [4.78, 5) is 15.9. The summed E-state index contributed by atoms with van der Waals surface area (Å²) in [6.07, 6.45) is 11.3. The lowest BCUT2D eigenvalue weighted by Crippen LogP contribution is -2.50. The SMILES string of the molecule is O=C(CC1CCN(Cc2ccccc2)CC1)C12CC3CC(CC(C3)C1)C2. The monoisotopic (exact) mass is 351 g/mol. The third kappa shape index (κ3) is 3.26. The first kappa shape index (κ1) is 17.0. The van der Waals surface area contributed by atoms with Crippen LogP contribution in [0.1, 0.15) is 63.4 Å². The van der Waals surface area contributed by atoms with Gasteiger partial charge < -0.3 is 0 Å². The van der Waals surface area contributed by atoms with Crippen molar-refractivity contribution >= 4 is 5.78 Å². The van der Waals surface area contributed by atoms with Crippen LogP contribution in [-0.2, 0) is 11.3 Å². The van der Waals surface area contributed by atoms with E-state index in [4.69, 9.17) is 0 Å². The van der Waals surface area contributed by atoms with Gasteiger partial charge in [0, 0.05) is 18.4 Å². The van der Waals surface area contributed by atoms with Crippen molar-refractivity contribution in [2.75, 3.05) is 13.1 Å². The Labute approximate surface area is 158 Å². The van der Waals surface area contributed by atoms with Gasteiger partial charge in [0.05, 0.1) is 0 Å². The van der Waals surface area contributed by atoms with Crippen LogP contribution in [0.15, 0.2) is 30.3 Å². The molecule has 5 fully saturated rings. The number of rotatable bonds is 5. The number of likely N-dealkylation sites (tertiary alicyclic amines) is 1. The minimum absolute atomic E-state index is 0.121. The van der Waals surface area contributed by atoms with Crippen molar-refractivity contribution in [1.29, 1.82) is 0 Å². The second-order valence-electron chi connectivity index (χ2n) is 10.0. The van der Waals surface area contributed by atoms with Crippen LogP contribution in [0.3, 0.4) is 0 Å². The molecule has 0 N–H and O–H groups in total. The predicted octanol–water partition coefficient (Wildman–Crippen LogP) is 5.07. The Balaban J connectivity index is 1.15. The standard InChI is InChI=1S/C24H33NO/c26-23(24-14-20-10-21(15-24)12-22(11-20)16-24)13-18-6-8-25(9-7-18)17-19-4-2-1-3-5-19/h1-5,18,20-22H,6-17H2. The van der Waals surface area contributed by atoms with Crippen LogP contribution in [0, 0.1) is 29.1 Å². The lowest BCUT2D eigenvalue weighted by Gasteiger charge is -2.56. The molecule has 26 heavy (non-hydrogen) atoms. The van der Waals surface area contributed by atoms with Gasteiger partial charge in [0.1, 0.15) is 5.78 Å². The third-order valence-electron chi connectivity index (χ3n) is 8.06. The van der Waals surface area contributed by atoms with E-state index in [2.05, 4.69) is 35.2 Å². The predicted molar refractivity (Wildman–Crippen MR) is 105 cm³/mol. The number of carbonyl (C=O) groups is 1. The topological polar surface area (TPSA) is 20.3 Å². The van der Waals surface area contributed by atoms with Crippen LogP contribution in [-0.4, -0.2) is 23.8 Å². The zero-order valence-corrected chi connectivity index (χ0v) is 16.0. The highest BCUT2D eigenvalue weighted by molar-refractivity contribution is 5.85. The number of hydrogen-bond acceptors (Lipinski definition) is 2. The van der Waals surface area contributed by atoms with Crippen molar-refractivity contribution in [2.45, 2.75) is 64.3 Å². The van der Waals surface area contributed by atoms with E-state index in [0.29, 0.717) is 11.7 Å². The van der Waals surface area contributed by atoms with Gasteiger partial charge in [-0.1, -0.05) is 30.3 Å². The van der Waals surface area contributed by atoms with Gasteiger partial charge in [0.2, 0.25) is 0 Å². The molecule has 1 saturated heterocycles.